The third-order valence-electron chi connectivity index (χ3n) is 2.61. The Kier molecular flexibility index (Phi) is 2.23. The Labute approximate surface area is 83.8 Å². The number of hydrogen-bond acceptors (Lipinski definition) is 3. The van der Waals surface area contributed by atoms with Crippen LogP contribution >= 0.6 is 0 Å². The van der Waals surface area contributed by atoms with Gasteiger partial charge >= 0.3 is 0 Å². The Morgan fingerprint density at radius 1 is 1.50 bits per heavy atom. The molecule has 1 aliphatic carbocycles. The summed E-state index contributed by atoms with van der Waals surface area (Å²) in [5.41, 5.74) is 1.63. The number of rotatable bonds is 3. The van der Waals surface area contributed by atoms with Crippen LogP contribution in [0.1, 0.15) is 30.3 Å². The van der Waals surface area contributed by atoms with Crippen LogP contribution in [0.4, 0.5) is 5.69 Å². The molecule has 1 fully saturated rings. The van der Waals surface area contributed by atoms with E-state index in [1.54, 1.807) is 12.3 Å². The number of aromatic nitrogens is 1. The summed E-state index contributed by atoms with van der Waals surface area (Å²) in [4.78, 5) is 17.3. The Hall–Kier alpha value is -1.38. The van der Waals surface area contributed by atoms with E-state index in [0.717, 1.165) is 5.69 Å². The minimum atomic E-state index is 0.0191. The molecule has 0 N–H and O–H groups in total. The molecule has 0 aliphatic heterocycles. The first-order valence-corrected chi connectivity index (χ1v) is 4.88. The zero-order valence-electron chi connectivity index (χ0n) is 8.53. The summed E-state index contributed by atoms with van der Waals surface area (Å²) in [5, 5.41) is 0. The van der Waals surface area contributed by atoms with Gasteiger partial charge in [-0.3, -0.25) is 9.78 Å². The molecule has 3 heteroatoms. The highest BCUT2D eigenvalue weighted by Crippen LogP contribution is 2.29. The van der Waals surface area contributed by atoms with Crippen LogP contribution in [0.2, 0.25) is 0 Å². The van der Waals surface area contributed by atoms with Gasteiger partial charge in [-0.25, -0.2) is 0 Å². The standard InChI is InChI=1S/C11H14N2O/c1-8(14)11-6-5-10(7-12-11)13(2)9-3-4-9/h5-7,9H,3-4H2,1-2H3. The molecule has 0 unspecified atom stereocenters. The molecule has 0 atom stereocenters. The number of carbonyl (C=O) groups is 1. The lowest BCUT2D eigenvalue weighted by Crippen LogP contribution is -2.19. The van der Waals surface area contributed by atoms with E-state index in [9.17, 15) is 4.79 Å². The van der Waals surface area contributed by atoms with Crippen LogP contribution in [0.5, 0.6) is 0 Å². The van der Waals surface area contributed by atoms with Crippen LogP contribution in [0.25, 0.3) is 0 Å². The summed E-state index contributed by atoms with van der Waals surface area (Å²) in [5.74, 6) is 0.0191. The highest BCUT2D eigenvalue weighted by atomic mass is 16.1. The van der Waals surface area contributed by atoms with Crippen molar-refractivity contribution in [2.75, 3.05) is 11.9 Å². The summed E-state index contributed by atoms with van der Waals surface area (Å²) in [6.07, 6.45) is 4.31. The molecule has 0 spiro atoms. The number of carbonyl (C=O) groups excluding carboxylic acids is 1. The van der Waals surface area contributed by atoms with Gasteiger partial charge in [0.2, 0.25) is 0 Å². The lowest BCUT2D eigenvalue weighted by molar-refractivity contribution is 0.101. The Morgan fingerprint density at radius 3 is 2.64 bits per heavy atom. The van der Waals surface area contributed by atoms with E-state index in [-0.39, 0.29) is 5.78 Å². The van der Waals surface area contributed by atoms with Crippen molar-refractivity contribution in [3.63, 3.8) is 0 Å². The van der Waals surface area contributed by atoms with Gasteiger partial charge in [0.15, 0.2) is 5.78 Å². The van der Waals surface area contributed by atoms with Gasteiger partial charge in [0.05, 0.1) is 11.9 Å². The smallest absolute Gasteiger partial charge is 0.178 e. The molecule has 1 heterocycles. The lowest BCUT2D eigenvalue weighted by atomic mass is 10.2. The van der Waals surface area contributed by atoms with Crippen molar-refractivity contribution in [3.8, 4) is 0 Å². The number of hydrogen-bond donors (Lipinski definition) is 0. The molecule has 1 aromatic heterocycles. The van der Waals surface area contributed by atoms with E-state index in [4.69, 9.17) is 0 Å². The number of nitrogens with zero attached hydrogens (tertiary/aromatic N) is 2. The van der Waals surface area contributed by atoms with Crippen LogP contribution in [-0.4, -0.2) is 23.9 Å². The van der Waals surface area contributed by atoms with E-state index >= 15 is 0 Å². The minimum Gasteiger partial charge on any atom is -0.370 e. The Bertz CT molecular complexity index is 341. The van der Waals surface area contributed by atoms with E-state index in [0.29, 0.717) is 11.7 Å². The van der Waals surface area contributed by atoms with Crippen LogP contribution in [0.15, 0.2) is 18.3 Å². The summed E-state index contributed by atoms with van der Waals surface area (Å²) >= 11 is 0. The maximum Gasteiger partial charge on any atom is 0.178 e. The van der Waals surface area contributed by atoms with Crippen molar-refractivity contribution in [3.05, 3.63) is 24.0 Å². The van der Waals surface area contributed by atoms with Crippen molar-refractivity contribution in [1.82, 2.24) is 4.98 Å². The summed E-state index contributed by atoms with van der Waals surface area (Å²) < 4.78 is 0. The van der Waals surface area contributed by atoms with E-state index < -0.39 is 0 Å². The van der Waals surface area contributed by atoms with Gasteiger partial charge in [0.1, 0.15) is 5.69 Å². The van der Waals surface area contributed by atoms with Gasteiger partial charge in [0, 0.05) is 20.0 Å². The minimum absolute atomic E-state index is 0.0191. The van der Waals surface area contributed by atoms with Crippen LogP contribution in [0.3, 0.4) is 0 Å². The number of anilines is 1. The van der Waals surface area contributed by atoms with Crippen molar-refractivity contribution in [1.29, 1.82) is 0 Å². The van der Waals surface area contributed by atoms with E-state index in [1.807, 2.05) is 6.07 Å². The van der Waals surface area contributed by atoms with Crippen molar-refractivity contribution in [2.45, 2.75) is 25.8 Å². The largest absolute Gasteiger partial charge is 0.370 e. The Morgan fingerprint density at radius 2 is 2.21 bits per heavy atom. The molecule has 0 amide bonds. The molecular weight excluding hydrogens is 176 g/mol. The molecular formula is C11H14N2O. The molecule has 1 aliphatic rings. The third kappa shape index (κ3) is 1.76. The third-order valence-corrected chi connectivity index (χ3v) is 2.61. The molecule has 14 heavy (non-hydrogen) atoms. The zero-order chi connectivity index (χ0) is 10.1. The molecule has 1 saturated carbocycles. The molecule has 3 nitrogen and oxygen atoms in total. The molecule has 0 saturated heterocycles. The van der Waals surface area contributed by atoms with E-state index in [1.165, 1.54) is 19.8 Å². The highest BCUT2D eigenvalue weighted by Gasteiger charge is 2.26. The summed E-state index contributed by atoms with van der Waals surface area (Å²) in [6.45, 7) is 1.53. The monoisotopic (exact) mass is 190 g/mol. The quantitative estimate of drug-likeness (QED) is 0.682. The van der Waals surface area contributed by atoms with Gasteiger partial charge < -0.3 is 4.90 Å². The number of pyridine rings is 1. The van der Waals surface area contributed by atoms with Crippen molar-refractivity contribution < 1.29 is 4.79 Å². The topological polar surface area (TPSA) is 33.2 Å². The lowest BCUT2D eigenvalue weighted by Gasteiger charge is -2.17. The molecule has 0 bridgehead atoms. The van der Waals surface area contributed by atoms with Crippen LogP contribution < -0.4 is 4.90 Å². The number of Topliss-reactive ketones (excluding diaryl/α,β-unsaturated/α-hetero) is 1. The second kappa shape index (κ2) is 3.40. The highest BCUT2D eigenvalue weighted by molar-refractivity contribution is 5.92. The first kappa shape index (κ1) is 9.19. The van der Waals surface area contributed by atoms with Gasteiger partial charge in [0.25, 0.3) is 0 Å². The average molecular weight is 190 g/mol. The summed E-state index contributed by atoms with van der Waals surface area (Å²) in [6, 6.07) is 4.43. The molecule has 1 aromatic rings. The van der Waals surface area contributed by atoms with Gasteiger partial charge in [-0.05, 0) is 25.0 Å². The maximum atomic E-state index is 11.0. The van der Waals surface area contributed by atoms with Crippen molar-refractivity contribution >= 4 is 11.5 Å². The SMILES string of the molecule is CC(=O)c1ccc(N(C)C2CC2)cn1. The van der Waals surface area contributed by atoms with E-state index in [2.05, 4.69) is 16.9 Å². The first-order valence-electron chi connectivity index (χ1n) is 4.88. The maximum absolute atomic E-state index is 11.0. The molecule has 0 aromatic carbocycles. The van der Waals surface area contributed by atoms with Crippen LogP contribution in [0, 0.1) is 0 Å². The Balaban J connectivity index is 2.16. The predicted octanol–water partition coefficient (Wildman–Crippen LogP) is 1.88. The zero-order valence-corrected chi connectivity index (χ0v) is 8.53. The van der Waals surface area contributed by atoms with Crippen LogP contribution in [-0.2, 0) is 0 Å². The molecule has 74 valence electrons. The predicted molar refractivity (Wildman–Crippen MR) is 55.7 cm³/mol. The fourth-order valence-electron chi connectivity index (χ4n) is 1.48. The fourth-order valence-corrected chi connectivity index (χ4v) is 1.48. The van der Waals surface area contributed by atoms with Gasteiger partial charge in [-0.2, -0.15) is 0 Å². The van der Waals surface area contributed by atoms with Crippen molar-refractivity contribution in [2.24, 2.45) is 0 Å². The molecule has 0 radical (unpaired) electrons. The summed E-state index contributed by atoms with van der Waals surface area (Å²) in [7, 11) is 2.07. The van der Waals surface area contributed by atoms with Gasteiger partial charge in [-0.15, -0.1) is 0 Å². The second-order valence-electron chi connectivity index (χ2n) is 3.80. The average Bonchev–Trinajstić information content (AvgIpc) is 3.00. The fraction of sp³-hybridized carbons (Fsp3) is 0.455. The number of ketones is 1. The second-order valence-corrected chi connectivity index (χ2v) is 3.80. The first-order chi connectivity index (χ1) is 6.68. The molecule has 2 rings (SSSR count). The normalized spacial score (nSPS) is 15.3. The van der Waals surface area contributed by atoms with Gasteiger partial charge in [-0.1, -0.05) is 0 Å².